The van der Waals surface area contributed by atoms with Gasteiger partial charge < -0.3 is 0 Å². The quantitative estimate of drug-likeness (QED) is 0.671. The molecule has 0 N–H and O–H groups in total. The Bertz CT molecular complexity index is 770. The maximum Gasteiger partial charge on any atom is 0.182 e. The fourth-order valence-electron chi connectivity index (χ4n) is 1.74. The second-order valence-corrected chi connectivity index (χ2v) is 4.18. The molecular weight excluding hydrogens is 248 g/mol. The first-order valence-corrected chi connectivity index (χ1v) is 5.67. The Kier molecular flexibility index (Phi) is 2.47. The third-order valence-electron chi connectivity index (χ3n) is 2.57. The van der Waals surface area contributed by atoms with Gasteiger partial charge in [-0.05, 0) is 24.3 Å². The van der Waals surface area contributed by atoms with Crippen molar-refractivity contribution in [1.82, 2.24) is 14.6 Å². The molecule has 0 aliphatic rings. The second kappa shape index (κ2) is 4.13. The van der Waals surface area contributed by atoms with Crippen molar-refractivity contribution in [3.05, 3.63) is 53.2 Å². The van der Waals surface area contributed by atoms with Gasteiger partial charge in [-0.1, -0.05) is 23.7 Å². The van der Waals surface area contributed by atoms with Crippen molar-refractivity contribution < 1.29 is 0 Å². The molecule has 5 heteroatoms. The average molecular weight is 255 g/mol. The summed E-state index contributed by atoms with van der Waals surface area (Å²) in [6, 6.07) is 12.9. The van der Waals surface area contributed by atoms with Gasteiger partial charge in [-0.3, -0.25) is 0 Å². The zero-order chi connectivity index (χ0) is 12.5. The molecular formula is C13H7ClN4. The minimum atomic E-state index is 0.498. The molecule has 0 saturated heterocycles. The summed E-state index contributed by atoms with van der Waals surface area (Å²) in [5, 5.41) is 14.0. The number of hydrogen-bond acceptors (Lipinski definition) is 3. The minimum Gasteiger partial charge on any atom is -0.219 e. The van der Waals surface area contributed by atoms with Crippen LogP contribution in [0, 0.1) is 11.3 Å². The van der Waals surface area contributed by atoms with Gasteiger partial charge in [-0.2, -0.15) is 5.26 Å². The van der Waals surface area contributed by atoms with Gasteiger partial charge in [0.2, 0.25) is 0 Å². The highest BCUT2D eigenvalue weighted by Gasteiger charge is 2.09. The van der Waals surface area contributed by atoms with Crippen molar-refractivity contribution in [2.24, 2.45) is 0 Å². The van der Waals surface area contributed by atoms with E-state index in [1.165, 1.54) is 0 Å². The van der Waals surface area contributed by atoms with Crippen molar-refractivity contribution in [3.63, 3.8) is 0 Å². The third kappa shape index (κ3) is 1.71. The maximum absolute atomic E-state index is 9.01. The number of rotatable bonds is 1. The van der Waals surface area contributed by atoms with Crippen LogP contribution in [0.2, 0.25) is 5.02 Å². The van der Waals surface area contributed by atoms with Crippen LogP contribution in [-0.4, -0.2) is 14.6 Å². The van der Waals surface area contributed by atoms with Crippen LogP contribution in [0.3, 0.4) is 0 Å². The molecule has 0 radical (unpaired) electrons. The summed E-state index contributed by atoms with van der Waals surface area (Å²) >= 11 is 5.94. The van der Waals surface area contributed by atoms with E-state index in [1.807, 2.05) is 12.1 Å². The van der Waals surface area contributed by atoms with Gasteiger partial charge in [0, 0.05) is 16.8 Å². The normalized spacial score (nSPS) is 10.4. The van der Waals surface area contributed by atoms with E-state index in [2.05, 4.69) is 16.2 Å². The Labute approximate surface area is 108 Å². The van der Waals surface area contributed by atoms with Gasteiger partial charge in [0.15, 0.2) is 11.5 Å². The molecule has 2 heterocycles. The Morgan fingerprint density at radius 3 is 2.89 bits per heavy atom. The molecule has 0 saturated carbocycles. The molecule has 0 aliphatic heterocycles. The zero-order valence-corrected chi connectivity index (χ0v) is 9.96. The molecule has 0 bridgehead atoms. The van der Waals surface area contributed by atoms with E-state index in [0.717, 1.165) is 5.56 Å². The summed E-state index contributed by atoms with van der Waals surface area (Å²) in [4.78, 5) is 4.37. The number of hydrogen-bond donors (Lipinski definition) is 0. The molecule has 2 aromatic heterocycles. The predicted octanol–water partition coefficient (Wildman–Crippen LogP) is 2.92. The highest BCUT2D eigenvalue weighted by Crippen LogP contribution is 2.20. The Hall–Kier alpha value is -2.38. The Morgan fingerprint density at radius 2 is 2.11 bits per heavy atom. The SMILES string of the molecule is N#Cc1cccn2nc(-c3cccc(Cl)c3)nc12. The van der Waals surface area contributed by atoms with Gasteiger partial charge in [0.1, 0.15) is 6.07 Å². The van der Waals surface area contributed by atoms with E-state index in [1.54, 1.807) is 35.0 Å². The summed E-state index contributed by atoms with van der Waals surface area (Å²) < 4.78 is 1.59. The summed E-state index contributed by atoms with van der Waals surface area (Å²) in [7, 11) is 0. The van der Waals surface area contributed by atoms with Crippen molar-refractivity contribution >= 4 is 17.2 Å². The van der Waals surface area contributed by atoms with Crippen molar-refractivity contribution in [2.75, 3.05) is 0 Å². The lowest BCUT2D eigenvalue weighted by Crippen LogP contribution is -1.88. The molecule has 4 nitrogen and oxygen atoms in total. The fraction of sp³-hybridized carbons (Fsp3) is 0. The zero-order valence-electron chi connectivity index (χ0n) is 9.21. The smallest absolute Gasteiger partial charge is 0.182 e. The van der Waals surface area contributed by atoms with E-state index >= 15 is 0 Å². The Balaban J connectivity index is 2.23. The van der Waals surface area contributed by atoms with Crippen LogP contribution in [0.5, 0.6) is 0 Å². The first kappa shape index (κ1) is 10.8. The lowest BCUT2D eigenvalue weighted by Gasteiger charge is -1.94. The van der Waals surface area contributed by atoms with Crippen LogP contribution in [0.25, 0.3) is 17.0 Å². The molecule has 18 heavy (non-hydrogen) atoms. The second-order valence-electron chi connectivity index (χ2n) is 3.75. The highest BCUT2D eigenvalue weighted by molar-refractivity contribution is 6.30. The number of aromatic nitrogens is 3. The van der Waals surface area contributed by atoms with Gasteiger partial charge in [0.05, 0.1) is 5.56 Å². The van der Waals surface area contributed by atoms with E-state index < -0.39 is 0 Å². The van der Waals surface area contributed by atoms with Crippen LogP contribution in [0.4, 0.5) is 0 Å². The maximum atomic E-state index is 9.01. The summed E-state index contributed by atoms with van der Waals surface area (Å²) in [5.74, 6) is 0.556. The van der Waals surface area contributed by atoms with Gasteiger partial charge in [-0.25, -0.2) is 9.50 Å². The molecule has 3 aromatic rings. The van der Waals surface area contributed by atoms with Gasteiger partial charge in [0.25, 0.3) is 0 Å². The molecule has 3 rings (SSSR count). The molecule has 0 fully saturated rings. The van der Waals surface area contributed by atoms with Crippen molar-refractivity contribution in [1.29, 1.82) is 5.26 Å². The number of nitriles is 1. The molecule has 86 valence electrons. The number of benzene rings is 1. The number of halogens is 1. The van der Waals surface area contributed by atoms with Crippen LogP contribution in [0.1, 0.15) is 5.56 Å². The summed E-state index contributed by atoms with van der Waals surface area (Å²) in [5.41, 5.74) is 1.88. The van der Waals surface area contributed by atoms with E-state index in [4.69, 9.17) is 16.9 Å². The van der Waals surface area contributed by atoms with Crippen LogP contribution in [0.15, 0.2) is 42.6 Å². The van der Waals surface area contributed by atoms with Crippen LogP contribution >= 0.6 is 11.6 Å². The molecule has 0 atom stereocenters. The largest absolute Gasteiger partial charge is 0.219 e. The molecule has 1 aromatic carbocycles. The van der Waals surface area contributed by atoms with Crippen molar-refractivity contribution in [2.45, 2.75) is 0 Å². The lowest BCUT2D eigenvalue weighted by molar-refractivity contribution is 0.963. The topological polar surface area (TPSA) is 54.0 Å². The summed E-state index contributed by atoms with van der Waals surface area (Å²) in [6.07, 6.45) is 1.76. The van der Waals surface area contributed by atoms with Crippen molar-refractivity contribution in [3.8, 4) is 17.5 Å². The average Bonchev–Trinajstić information content (AvgIpc) is 2.82. The number of nitrogens with zero attached hydrogens (tertiary/aromatic N) is 4. The summed E-state index contributed by atoms with van der Waals surface area (Å²) in [6.45, 7) is 0. The van der Waals surface area contributed by atoms with Gasteiger partial charge in [-0.15, -0.1) is 5.10 Å². The standard InChI is InChI=1S/C13H7ClN4/c14-11-5-1-3-9(7-11)12-16-13-10(8-15)4-2-6-18(13)17-12/h1-7H. The monoisotopic (exact) mass is 254 g/mol. The Morgan fingerprint density at radius 1 is 1.22 bits per heavy atom. The number of pyridine rings is 1. The molecule has 0 aliphatic carbocycles. The molecule has 0 amide bonds. The highest BCUT2D eigenvalue weighted by atomic mass is 35.5. The lowest BCUT2D eigenvalue weighted by atomic mass is 10.2. The minimum absolute atomic E-state index is 0.498. The van der Waals surface area contributed by atoms with Crippen LogP contribution in [-0.2, 0) is 0 Å². The van der Waals surface area contributed by atoms with Gasteiger partial charge >= 0.3 is 0 Å². The molecule has 0 unspecified atom stereocenters. The number of fused-ring (bicyclic) bond motifs is 1. The van der Waals surface area contributed by atoms with Crippen LogP contribution < -0.4 is 0 Å². The fourth-order valence-corrected chi connectivity index (χ4v) is 1.93. The van der Waals surface area contributed by atoms with E-state index in [0.29, 0.717) is 22.1 Å². The first-order chi connectivity index (χ1) is 8.78. The van der Waals surface area contributed by atoms with E-state index in [-0.39, 0.29) is 0 Å². The third-order valence-corrected chi connectivity index (χ3v) is 2.80. The van der Waals surface area contributed by atoms with E-state index in [9.17, 15) is 0 Å². The first-order valence-electron chi connectivity index (χ1n) is 5.29. The molecule has 0 spiro atoms. The predicted molar refractivity (Wildman–Crippen MR) is 68.1 cm³/mol.